The number of alkyl halides is 1. The van der Waals surface area contributed by atoms with Crippen LogP contribution in [-0.4, -0.2) is 47.9 Å². The molecule has 3 N–H and O–H groups in total. The van der Waals surface area contributed by atoms with Gasteiger partial charge in [-0.05, 0) is 31.2 Å². The van der Waals surface area contributed by atoms with Crippen LogP contribution < -0.4 is 10.5 Å². The zero-order chi connectivity index (χ0) is 21.8. The molecule has 0 amide bonds. The van der Waals surface area contributed by atoms with E-state index in [-0.39, 0.29) is 24.4 Å². The number of nitrogen functional groups attached to an aromatic ring is 1. The molecule has 0 aliphatic carbocycles. The van der Waals surface area contributed by atoms with Crippen LogP contribution in [0.25, 0.3) is 16.9 Å². The maximum Gasteiger partial charge on any atom is 0.303 e. The summed E-state index contributed by atoms with van der Waals surface area (Å²) in [6.07, 6.45) is 4.58. The Morgan fingerprint density at radius 3 is 2.71 bits per heavy atom. The zero-order valence-corrected chi connectivity index (χ0v) is 16.5. The number of nitrogens with zero attached hydrogens (tertiary/aromatic N) is 6. The highest BCUT2D eigenvalue weighted by atomic mass is 19.1. The maximum absolute atomic E-state index is 12.7. The van der Waals surface area contributed by atoms with Crippen molar-refractivity contribution in [2.24, 2.45) is 0 Å². The van der Waals surface area contributed by atoms with Crippen molar-refractivity contribution < 1.29 is 14.2 Å². The SMILES string of the molecule is CC(O)(C#Cc1ccc2nc(OCCF)n(-c3ccnc(N)n3)c2c1)c1ncccn1. The predicted molar refractivity (Wildman–Crippen MR) is 111 cm³/mol. The number of halogens is 1. The van der Waals surface area contributed by atoms with Crippen LogP contribution in [-0.2, 0) is 5.60 Å². The van der Waals surface area contributed by atoms with Gasteiger partial charge in [-0.1, -0.05) is 11.8 Å². The molecule has 4 aromatic rings. The number of fused-ring (bicyclic) bond motifs is 1. The summed E-state index contributed by atoms with van der Waals surface area (Å²) in [6, 6.07) is 8.72. The van der Waals surface area contributed by atoms with Gasteiger partial charge in [-0.25, -0.2) is 23.9 Å². The van der Waals surface area contributed by atoms with Gasteiger partial charge in [0.2, 0.25) is 5.95 Å². The summed E-state index contributed by atoms with van der Waals surface area (Å²) < 4.78 is 19.8. The normalized spacial score (nSPS) is 12.7. The summed E-state index contributed by atoms with van der Waals surface area (Å²) in [6.45, 7) is 0.698. The number of rotatable bonds is 5. The van der Waals surface area contributed by atoms with Crippen molar-refractivity contribution in [3.05, 3.63) is 60.3 Å². The van der Waals surface area contributed by atoms with Crippen molar-refractivity contribution >= 4 is 17.0 Å². The number of aromatic nitrogens is 6. The highest BCUT2D eigenvalue weighted by Gasteiger charge is 2.23. The van der Waals surface area contributed by atoms with Gasteiger partial charge < -0.3 is 15.6 Å². The first-order chi connectivity index (χ1) is 15.0. The molecule has 31 heavy (non-hydrogen) atoms. The lowest BCUT2D eigenvalue weighted by Gasteiger charge is -2.13. The molecule has 0 spiro atoms. The minimum absolute atomic E-state index is 0.0747. The predicted octanol–water partition coefficient (Wildman–Crippen LogP) is 1.80. The van der Waals surface area contributed by atoms with Gasteiger partial charge in [-0.2, -0.15) is 9.97 Å². The van der Waals surface area contributed by atoms with Crippen molar-refractivity contribution in [2.75, 3.05) is 19.0 Å². The summed E-state index contributed by atoms with van der Waals surface area (Å²) in [4.78, 5) is 20.6. The van der Waals surface area contributed by atoms with Gasteiger partial charge >= 0.3 is 6.01 Å². The van der Waals surface area contributed by atoms with Gasteiger partial charge in [0, 0.05) is 30.2 Å². The lowest BCUT2D eigenvalue weighted by atomic mass is 10.1. The molecule has 0 saturated carbocycles. The number of hydrogen-bond acceptors (Lipinski definition) is 8. The third kappa shape index (κ3) is 4.26. The number of hydrogen-bond donors (Lipinski definition) is 2. The monoisotopic (exact) mass is 419 g/mol. The first-order valence-electron chi connectivity index (χ1n) is 9.31. The van der Waals surface area contributed by atoms with Crippen molar-refractivity contribution in [1.82, 2.24) is 29.5 Å². The van der Waals surface area contributed by atoms with Gasteiger partial charge in [0.25, 0.3) is 0 Å². The van der Waals surface area contributed by atoms with Gasteiger partial charge in [0.05, 0.1) is 11.0 Å². The Morgan fingerprint density at radius 1 is 1.16 bits per heavy atom. The lowest BCUT2D eigenvalue weighted by molar-refractivity contribution is 0.112. The Balaban J connectivity index is 1.79. The van der Waals surface area contributed by atoms with Crippen LogP contribution in [0.4, 0.5) is 10.3 Å². The second-order valence-corrected chi connectivity index (χ2v) is 6.64. The molecule has 0 fully saturated rings. The van der Waals surface area contributed by atoms with Gasteiger partial charge in [0.15, 0.2) is 11.4 Å². The number of aliphatic hydroxyl groups is 1. The van der Waals surface area contributed by atoms with E-state index in [0.717, 1.165) is 0 Å². The van der Waals surface area contributed by atoms with E-state index in [1.54, 1.807) is 34.9 Å². The molecule has 3 aromatic heterocycles. The molecule has 0 bridgehead atoms. The van der Waals surface area contributed by atoms with E-state index < -0.39 is 12.3 Å². The largest absolute Gasteiger partial charge is 0.462 e. The summed E-state index contributed by atoms with van der Waals surface area (Å²) >= 11 is 0. The number of benzene rings is 1. The Labute approximate surface area is 176 Å². The van der Waals surface area contributed by atoms with E-state index >= 15 is 0 Å². The molecule has 10 heteroatoms. The molecular formula is C21H18FN7O2. The lowest BCUT2D eigenvalue weighted by Crippen LogP contribution is -2.21. The van der Waals surface area contributed by atoms with Gasteiger partial charge in [-0.15, -0.1) is 0 Å². The molecule has 156 valence electrons. The topological polar surface area (TPSA) is 125 Å². The molecular weight excluding hydrogens is 401 g/mol. The fourth-order valence-corrected chi connectivity index (χ4v) is 2.87. The molecule has 4 rings (SSSR count). The Bertz CT molecular complexity index is 1280. The molecule has 3 heterocycles. The van der Waals surface area contributed by atoms with Crippen molar-refractivity contribution in [1.29, 1.82) is 0 Å². The quantitative estimate of drug-likeness (QED) is 0.469. The van der Waals surface area contributed by atoms with Crippen molar-refractivity contribution in [3.8, 4) is 23.7 Å². The summed E-state index contributed by atoms with van der Waals surface area (Å²) in [5.41, 5.74) is 6.00. The average molecular weight is 419 g/mol. The zero-order valence-electron chi connectivity index (χ0n) is 16.5. The minimum atomic E-state index is -1.53. The van der Waals surface area contributed by atoms with Crippen LogP contribution in [0.5, 0.6) is 6.01 Å². The van der Waals surface area contributed by atoms with Crippen LogP contribution in [0, 0.1) is 11.8 Å². The number of ether oxygens (including phenoxy) is 1. The summed E-state index contributed by atoms with van der Waals surface area (Å²) in [7, 11) is 0. The third-order valence-electron chi connectivity index (χ3n) is 4.27. The van der Waals surface area contributed by atoms with Crippen molar-refractivity contribution in [3.63, 3.8) is 0 Å². The van der Waals surface area contributed by atoms with Crippen LogP contribution in [0.2, 0.25) is 0 Å². The summed E-state index contributed by atoms with van der Waals surface area (Å²) in [5, 5.41) is 10.6. The fourth-order valence-electron chi connectivity index (χ4n) is 2.87. The molecule has 1 atom stereocenters. The minimum Gasteiger partial charge on any atom is -0.462 e. The average Bonchev–Trinajstić information content (AvgIpc) is 3.14. The highest BCUT2D eigenvalue weighted by Crippen LogP contribution is 2.26. The summed E-state index contributed by atoms with van der Waals surface area (Å²) in [5.74, 6) is 6.42. The van der Waals surface area contributed by atoms with Crippen LogP contribution in [0.15, 0.2) is 48.9 Å². The Morgan fingerprint density at radius 2 is 1.97 bits per heavy atom. The number of nitrogens with two attached hydrogens (primary N) is 1. The van der Waals surface area contributed by atoms with Gasteiger partial charge in [-0.3, -0.25) is 0 Å². The van der Waals surface area contributed by atoms with E-state index in [1.165, 1.54) is 25.5 Å². The Hall–Kier alpha value is -4.10. The molecule has 1 aromatic carbocycles. The number of anilines is 1. The standard InChI is InChI=1S/C21H18FN7O2/c1-21(30,18-24-9-2-10-25-18)7-5-14-3-4-15-16(13-14)29(20(27-15)31-12-8-22)17-6-11-26-19(23)28-17/h2-4,6,9-11,13,30H,8,12H2,1H3,(H2,23,26,28). The molecule has 9 nitrogen and oxygen atoms in total. The third-order valence-corrected chi connectivity index (χ3v) is 4.27. The number of imidazole rings is 1. The second kappa shape index (κ2) is 8.33. The van der Waals surface area contributed by atoms with Crippen LogP contribution in [0.3, 0.4) is 0 Å². The van der Waals surface area contributed by atoms with E-state index in [2.05, 4.69) is 36.8 Å². The van der Waals surface area contributed by atoms with E-state index in [9.17, 15) is 9.50 Å². The first kappa shape index (κ1) is 20.2. The molecule has 1 unspecified atom stereocenters. The fraction of sp³-hybridized carbons (Fsp3) is 0.190. The van der Waals surface area contributed by atoms with Crippen molar-refractivity contribution in [2.45, 2.75) is 12.5 Å². The molecule has 0 aliphatic rings. The molecule has 0 aliphatic heterocycles. The highest BCUT2D eigenvalue weighted by molar-refractivity contribution is 5.80. The van der Waals surface area contributed by atoms with Gasteiger partial charge in [0.1, 0.15) is 19.1 Å². The first-order valence-corrected chi connectivity index (χ1v) is 9.31. The van der Waals surface area contributed by atoms with E-state index in [0.29, 0.717) is 22.4 Å². The molecule has 0 radical (unpaired) electrons. The van der Waals surface area contributed by atoms with Crippen LogP contribution in [0.1, 0.15) is 18.3 Å². The van der Waals surface area contributed by atoms with E-state index in [4.69, 9.17) is 10.5 Å². The second-order valence-electron chi connectivity index (χ2n) is 6.64. The molecule has 0 saturated heterocycles. The smallest absolute Gasteiger partial charge is 0.303 e. The van der Waals surface area contributed by atoms with Crippen LogP contribution >= 0.6 is 0 Å². The Kier molecular flexibility index (Phi) is 5.43. The van der Waals surface area contributed by atoms with E-state index in [1.807, 2.05) is 0 Å². The maximum atomic E-state index is 12.7.